The third kappa shape index (κ3) is 7.26. The highest BCUT2D eigenvalue weighted by Gasteiger charge is 2.25. The second-order valence-electron chi connectivity index (χ2n) is 19.6. The molecular weight excluding hydrogens is 909 g/mol. The van der Waals surface area contributed by atoms with Gasteiger partial charge in [0.25, 0.3) is 0 Å². The Balaban J connectivity index is 1.09. The van der Waals surface area contributed by atoms with Crippen molar-refractivity contribution in [3.8, 4) is 73.2 Å². The molecule has 0 spiro atoms. The summed E-state index contributed by atoms with van der Waals surface area (Å²) >= 11 is 0. The molecule has 0 radical (unpaired) electrons. The van der Waals surface area contributed by atoms with Gasteiger partial charge in [0.05, 0.1) is 16.7 Å². The average Bonchev–Trinajstić information content (AvgIpc) is 3.78. The lowest BCUT2D eigenvalue weighted by Gasteiger charge is -2.20. The van der Waals surface area contributed by atoms with Crippen molar-refractivity contribution in [2.24, 2.45) is 0 Å². The number of nitrogens with zero attached hydrogens (tertiary/aromatic N) is 4. The summed E-state index contributed by atoms with van der Waals surface area (Å²) in [4.78, 5) is 16.6. The van der Waals surface area contributed by atoms with Crippen LogP contribution in [0.4, 0.5) is 0 Å². The molecular formula is C71H44N4. The molecule has 2 aromatic heterocycles. The van der Waals surface area contributed by atoms with Gasteiger partial charge in [-0.3, -0.25) is 0 Å². The van der Waals surface area contributed by atoms with Crippen molar-refractivity contribution in [1.82, 2.24) is 19.5 Å². The zero-order valence-electron chi connectivity index (χ0n) is 40.7. The Bertz CT molecular complexity index is 4670. The molecule has 0 saturated carbocycles. The van der Waals surface area contributed by atoms with Crippen molar-refractivity contribution in [1.29, 1.82) is 0 Å². The highest BCUT2D eigenvalue weighted by atomic mass is 15.0. The number of hydrogen-bond acceptors (Lipinski definition) is 3. The van der Waals surface area contributed by atoms with Gasteiger partial charge in [-0.2, -0.15) is 0 Å². The molecule has 0 N–H and O–H groups in total. The Labute approximate surface area is 433 Å². The van der Waals surface area contributed by atoms with E-state index in [1.165, 1.54) is 43.4 Å². The summed E-state index contributed by atoms with van der Waals surface area (Å²) < 4.78 is 2.52. The van der Waals surface area contributed by atoms with Crippen LogP contribution < -0.4 is 0 Å². The van der Waals surface area contributed by atoms with Crippen LogP contribution >= 0.6 is 0 Å². The Kier molecular flexibility index (Phi) is 9.85. The maximum absolute atomic E-state index is 5.61. The van der Waals surface area contributed by atoms with Crippen LogP contribution in [0.2, 0.25) is 0 Å². The van der Waals surface area contributed by atoms with Crippen LogP contribution in [0.1, 0.15) is 0 Å². The molecule has 15 rings (SSSR count). The average molecular weight is 953 g/mol. The van der Waals surface area contributed by atoms with Crippen LogP contribution in [0, 0.1) is 0 Å². The van der Waals surface area contributed by atoms with E-state index in [1.54, 1.807) is 0 Å². The smallest absolute Gasteiger partial charge is 0.165 e. The molecule has 0 atom stereocenters. The van der Waals surface area contributed by atoms with E-state index in [0.717, 1.165) is 88.0 Å². The van der Waals surface area contributed by atoms with Gasteiger partial charge in [0.2, 0.25) is 0 Å². The predicted molar refractivity (Wildman–Crippen MR) is 314 cm³/mol. The van der Waals surface area contributed by atoms with Crippen LogP contribution in [0.25, 0.3) is 149 Å². The molecule has 0 saturated heterocycles. The van der Waals surface area contributed by atoms with Crippen LogP contribution in [-0.4, -0.2) is 19.5 Å². The van der Waals surface area contributed by atoms with Crippen LogP contribution in [0.5, 0.6) is 0 Å². The monoisotopic (exact) mass is 952 g/mol. The second-order valence-corrected chi connectivity index (χ2v) is 19.6. The molecule has 75 heavy (non-hydrogen) atoms. The van der Waals surface area contributed by atoms with Crippen molar-refractivity contribution in [3.05, 3.63) is 267 Å². The summed E-state index contributed by atoms with van der Waals surface area (Å²) in [5.74, 6) is 1.83. The van der Waals surface area contributed by atoms with E-state index >= 15 is 0 Å². The Hall–Kier alpha value is -10.0. The van der Waals surface area contributed by atoms with Gasteiger partial charge in [0.15, 0.2) is 17.5 Å². The number of rotatable bonds is 7. The fraction of sp³-hybridized carbons (Fsp3) is 0. The van der Waals surface area contributed by atoms with E-state index < -0.39 is 0 Å². The first-order chi connectivity index (χ1) is 37.1. The molecule has 0 aliphatic rings. The van der Waals surface area contributed by atoms with E-state index in [2.05, 4.69) is 271 Å². The second kappa shape index (κ2) is 17.3. The van der Waals surface area contributed by atoms with Crippen molar-refractivity contribution >= 4 is 75.7 Å². The molecule has 0 bridgehead atoms. The summed E-state index contributed by atoms with van der Waals surface area (Å²) in [6.45, 7) is 0. The highest BCUT2D eigenvalue weighted by molar-refractivity contribution is 6.19. The van der Waals surface area contributed by atoms with Gasteiger partial charge in [0.1, 0.15) is 0 Å². The topological polar surface area (TPSA) is 43.6 Å². The van der Waals surface area contributed by atoms with Gasteiger partial charge in [-0.15, -0.1) is 0 Å². The molecule has 0 unspecified atom stereocenters. The van der Waals surface area contributed by atoms with Crippen molar-refractivity contribution in [3.63, 3.8) is 0 Å². The molecule has 4 heteroatoms. The first kappa shape index (κ1) is 42.6. The fourth-order valence-electron chi connectivity index (χ4n) is 11.5. The zero-order chi connectivity index (χ0) is 49.4. The molecule has 15 aromatic rings. The van der Waals surface area contributed by atoms with E-state index in [9.17, 15) is 0 Å². The first-order valence-corrected chi connectivity index (χ1v) is 25.6. The summed E-state index contributed by atoms with van der Waals surface area (Å²) in [5.41, 5.74) is 12.8. The fourth-order valence-corrected chi connectivity index (χ4v) is 11.5. The van der Waals surface area contributed by atoms with E-state index in [-0.39, 0.29) is 0 Å². The lowest BCUT2D eigenvalue weighted by molar-refractivity contribution is 1.08. The molecule has 348 valence electrons. The number of hydrogen-bond donors (Lipinski definition) is 0. The van der Waals surface area contributed by atoms with Gasteiger partial charge < -0.3 is 4.57 Å². The van der Waals surface area contributed by atoms with Crippen LogP contribution in [-0.2, 0) is 0 Å². The quantitative estimate of drug-likeness (QED) is 0.160. The maximum Gasteiger partial charge on any atom is 0.165 e. The number of fused-ring (bicyclic) bond motifs is 8. The molecule has 0 fully saturated rings. The van der Waals surface area contributed by atoms with Crippen molar-refractivity contribution in [2.45, 2.75) is 0 Å². The van der Waals surface area contributed by atoms with Gasteiger partial charge in [0, 0.05) is 32.8 Å². The van der Waals surface area contributed by atoms with E-state index in [0.29, 0.717) is 17.5 Å². The molecule has 4 nitrogen and oxygen atoms in total. The molecule has 0 amide bonds. The standard InChI is InChI=1S/C71H44N4/c1-3-17-45(18-4-1)50-29-15-30-51(37-50)56-35-36-59-62(41-56)67(75-65-42-54-26-11-9-24-52(54)39-63(65)64-40-53-25-10-12-27-55(53)43-66(64)75)44-61(48-20-5-2-6-21-48)68(59)71-73-69(57-34-33-46-19-7-8-23-49(46)38-57)72-70(74-71)60-32-16-28-47-22-13-14-31-58(47)60/h1-44H. The van der Waals surface area contributed by atoms with Gasteiger partial charge in [-0.25, -0.2) is 15.0 Å². The van der Waals surface area contributed by atoms with Gasteiger partial charge in [-0.05, 0) is 130 Å². The lowest BCUT2D eigenvalue weighted by Crippen LogP contribution is -2.04. The minimum absolute atomic E-state index is 0.601. The molecule has 2 heterocycles. The van der Waals surface area contributed by atoms with E-state index in [4.69, 9.17) is 15.0 Å². The maximum atomic E-state index is 5.61. The molecule has 13 aromatic carbocycles. The lowest BCUT2D eigenvalue weighted by atomic mass is 9.90. The summed E-state index contributed by atoms with van der Waals surface area (Å²) in [6, 6.07) is 96.5. The highest BCUT2D eigenvalue weighted by Crippen LogP contribution is 2.46. The Morgan fingerprint density at radius 1 is 0.227 bits per heavy atom. The Morgan fingerprint density at radius 2 is 0.720 bits per heavy atom. The van der Waals surface area contributed by atoms with Gasteiger partial charge >= 0.3 is 0 Å². The summed E-state index contributed by atoms with van der Waals surface area (Å²) in [7, 11) is 0. The minimum atomic E-state index is 0.601. The first-order valence-electron chi connectivity index (χ1n) is 25.6. The van der Waals surface area contributed by atoms with Crippen LogP contribution in [0.3, 0.4) is 0 Å². The number of aromatic nitrogens is 4. The third-order valence-corrected chi connectivity index (χ3v) is 15.1. The van der Waals surface area contributed by atoms with Gasteiger partial charge in [-0.1, -0.05) is 218 Å². The molecule has 0 aliphatic heterocycles. The third-order valence-electron chi connectivity index (χ3n) is 15.1. The predicted octanol–water partition coefficient (Wildman–Crippen LogP) is 18.7. The zero-order valence-corrected chi connectivity index (χ0v) is 40.7. The van der Waals surface area contributed by atoms with E-state index in [1.807, 2.05) is 0 Å². The molecule has 0 aliphatic carbocycles. The van der Waals surface area contributed by atoms with Crippen molar-refractivity contribution in [2.75, 3.05) is 0 Å². The summed E-state index contributed by atoms with van der Waals surface area (Å²) in [5, 5.41) is 13.8. The normalized spacial score (nSPS) is 11.7. The summed E-state index contributed by atoms with van der Waals surface area (Å²) in [6.07, 6.45) is 0. The van der Waals surface area contributed by atoms with Crippen LogP contribution in [0.15, 0.2) is 267 Å². The Morgan fingerprint density at radius 3 is 1.41 bits per heavy atom. The number of benzene rings is 13. The largest absolute Gasteiger partial charge is 0.309 e. The van der Waals surface area contributed by atoms with Crippen molar-refractivity contribution < 1.29 is 0 Å². The SMILES string of the molecule is c1ccc(-c2cccc(-c3ccc4c(-c5nc(-c6ccc7ccccc7c6)nc(-c6cccc7ccccc67)n5)c(-c5ccccc5)cc(-n5c6cc7ccccc7cc6c6cc7ccccc7cc65)c4c3)c2)cc1. The minimum Gasteiger partial charge on any atom is -0.309 e.